The average molecular weight is 767 g/mol. The van der Waals surface area contributed by atoms with Gasteiger partial charge in [0.1, 0.15) is 11.6 Å². The molecular formula is C38H47B2ClF2N4O7. The van der Waals surface area contributed by atoms with Gasteiger partial charge in [-0.2, -0.15) is 0 Å². The number of hydrogen-bond donors (Lipinski definition) is 7. The molecule has 0 spiro atoms. The van der Waals surface area contributed by atoms with Crippen molar-refractivity contribution in [3.63, 3.8) is 0 Å². The highest BCUT2D eigenvalue weighted by atomic mass is 35.5. The number of benzene rings is 4. The number of hydrogen-bond acceptors (Lipinski definition) is 9. The summed E-state index contributed by atoms with van der Waals surface area (Å²) in [6.07, 6.45) is 0. The van der Waals surface area contributed by atoms with Gasteiger partial charge in [0, 0.05) is 11.1 Å². The average Bonchev–Trinajstić information content (AvgIpc) is 3.68. The highest BCUT2D eigenvalue weighted by Crippen LogP contribution is 2.33. The maximum Gasteiger partial charge on any atom is 0.491 e. The number of amides is 1. The standard InChI is InChI=1S/C19H22BFN2O3.C11H18N2.C8H6BFO4.ClH/c1-19(2,3)17(12-7-5-4-6-8-12)22-23-18(24)13-9-10-15-14(16(13)21)11-26-20(15)25;1-11(2,3)10(13-12)9-7-5-4-6-8-9;10-7-4(8(11)12)1-2-6-5(7)3-14-9(6)13;/h4-10,17,22,25H,11H2,1-3H3,(H,23,24);4-8,10,13H,12H2,1-3H3;1-2,13H,3H2,(H,11,12);1H. The molecular weight excluding hydrogens is 720 g/mol. The first kappa shape index (κ1) is 44.2. The molecule has 0 saturated heterocycles. The second-order valence-electron chi connectivity index (χ2n) is 14.8. The number of rotatable bonds is 7. The van der Waals surface area contributed by atoms with Crippen LogP contribution in [0.2, 0.25) is 0 Å². The van der Waals surface area contributed by atoms with E-state index in [-0.39, 0.29) is 65.2 Å². The van der Waals surface area contributed by atoms with E-state index in [4.69, 9.17) is 20.3 Å². The van der Waals surface area contributed by atoms with Crippen LogP contribution in [0.3, 0.4) is 0 Å². The van der Waals surface area contributed by atoms with E-state index in [1.54, 1.807) is 0 Å². The van der Waals surface area contributed by atoms with Crippen LogP contribution in [0.5, 0.6) is 0 Å². The fourth-order valence-electron chi connectivity index (χ4n) is 6.02. The predicted molar refractivity (Wildman–Crippen MR) is 207 cm³/mol. The van der Waals surface area contributed by atoms with Gasteiger partial charge in [-0.3, -0.25) is 21.5 Å². The van der Waals surface area contributed by atoms with Gasteiger partial charge in [0.05, 0.1) is 36.4 Å². The van der Waals surface area contributed by atoms with Crippen molar-refractivity contribution in [3.05, 3.63) is 130 Å². The summed E-state index contributed by atoms with van der Waals surface area (Å²) in [5, 5.41) is 27.4. The Labute approximate surface area is 321 Å². The Hall–Kier alpha value is -4.18. The largest absolute Gasteiger partial charge is 0.491 e. The van der Waals surface area contributed by atoms with Crippen LogP contribution < -0.4 is 33.0 Å². The highest BCUT2D eigenvalue weighted by Gasteiger charge is 2.33. The summed E-state index contributed by atoms with van der Waals surface area (Å²) in [6.45, 7) is 12.5. The summed E-state index contributed by atoms with van der Waals surface area (Å²) >= 11 is 0. The van der Waals surface area contributed by atoms with E-state index in [1.165, 1.54) is 23.8 Å². The third-order valence-electron chi connectivity index (χ3n) is 8.83. The van der Waals surface area contributed by atoms with Gasteiger partial charge in [0.25, 0.3) is 5.91 Å². The van der Waals surface area contributed by atoms with E-state index in [0.717, 1.165) is 11.6 Å². The van der Waals surface area contributed by atoms with E-state index in [1.807, 2.05) is 48.5 Å². The molecule has 11 nitrogen and oxygen atoms in total. The molecule has 4 aromatic carbocycles. The van der Waals surface area contributed by atoms with Crippen LogP contribution in [-0.4, -0.2) is 41.3 Å². The number of halogens is 3. The molecule has 1 amide bonds. The highest BCUT2D eigenvalue weighted by molar-refractivity contribution is 6.62. The molecule has 2 aliphatic rings. The minimum Gasteiger partial charge on any atom is -0.478 e. The molecule has 0 bridgehead atoms. The fraction of sp³-hybridized carbons (Fsp3) is 0.316. The quantitative estimate of drug-likeness (QED) is 0.0808. The van der Waals surface area contributed by atoms with Crippen LogP contribution in [-0.2, 0) is 22.5 Å². The van der Waals surface area contributed by atoms with Crippen molar-refractivity contribution >= 4 is 49.4 Å². The van der Waals surface area contributed by atoms with Gasteiger partial charge in [-0.1, -0.05) is 114 Å². The molecule has 2 heterocycles. The van der Waals surface area contributed by atoms with Crippen LogP contribution in [0.25, 0.3) is 0 Å². The number of nitrogens with two attached hydrogens (primary N) is 1. The number of aromatic carboxylic acids is 1. The third kappa shape index (κ3) is 10.7. The molecule has 8 N–H and O–H groups in total. The minimum atomic E-state index is -1.33. The van der Waals surface area contributed by atoms with Crippen LogP contribution in [0.4, 0.5) is 8.78 Å². The number of carbonyl (C=O) groups is 2. The first-order chi connectivity index (χ1) is 24.9. The Balaban J connectivity index is 0.000000237. The van der Waals surface area contributed by atoms with Gasteiger partial charge in [-0.15, -0.1) is 12.4 Å². The predicted octanol–water partition coefficient (Wildman–Crippen LogP) is 4.47. The van der Waals surface area contributed by atoms with Crippen molar-refractivity contribution < 1.29 is 42.8 Å². The summed E-state index contributed by atoms with van der Waals surface area (Å²) in [5.74, 6) is 2.15. The van der Waals surface area contributed by atoms with Gasteiger partial charge in [0.2, 0.25) is 0 Å². The third-order valence-corrected chi connectivity index (χ3v) is 8.83. The van der Waals surface area contributed by atoms with E-state index >= 15 is 0 Å². The number of nitrogens with one attached hydrogen (secondary N) is 3. The van der Waals surface area contributed by atoms with Crippen molar-refractivity contribution in [2.45, 2.75) is 66.8 Å². The Morgan fingerprint density at radius 2 is 1.11 bits per heavy atom. The normalized spacial score (nSPS) is 14.3. The summed E-state index contributed by atoms with van der Waals surface area (Å²) < 4.78 is 37.8. The van der Waals surface area contributed by atoms with Gasteiger partial charge >= 0.3 is 20.2 Å². The smallest absolute Gasteiger partial charge is 0.478 e. The molecule has 6 rings (SSSR count). The first-order valence-corrected chi connectivity index (χ1v) is 17.0. The van der Waals surface area contributed by atoms with Crippen LogP contribution >= 0.6 is 12.4 Å². The molecule has 0 fully saturated rings. The zero-order valence-corrected chi connectivity index (χ0v) is 31.8. The molecule has 0 aromatic heterocycles. The maximum atomic E-state index is 14.6. The Morgan fingerprint density at radius 3 is 1.52 bits per heavy atom. The van der Waals surface area contributed by atoms with Crippen LogP contribution in [0.15, 0.2) is 84.9 Å². The monoisotopic (exact) mass is 766 g/mol. The lowest BCUT2D eigenvalue weighted by Crippen LogP contribution is -2.45. The second kappa shape index (κ2) is 18.9. The Bertz CT molecular complexity index is 1880. The van der Waals surface area contributed by atoms with Gasteiger partial charge in [0.15, 0.2) is 0 Å². The molecule has 16 heteroatoms. The topological polar surface area (TPSA) is 175 Å². The van der Waals surface area contributed by atoms with E-state index < -0.39 is 43.3 Å². The van der Waals surface area contributed by atoms with Crippen LogP contribution in [0.1, 0.15) is 96.6 Å². The van der Waals surface area contributed by atoms with Gasteiger partial charge < -0.3 is 24.5 Å². The number of carbonyl (C=O) groups excluding carboxylic acids is 1. The lowest BCUT2D eigenvalue weighted by Gasteiger charge is -2.32. The SMILES string of the molecule is CC(C)(C)C(NN)c1ccccc1.CC(C)(C)C(NNC(=O)c1ccc2c(c1F)COB2O)c1ccccc1.Cl.O=C(O)c1ccc2c(c1F)COB2O. The maximum absolute atomic E-state index is 14.6. The lowest BCUT2D eigenvalue weighted by molar-refractivity contribution is 0.0691. The first-order valence-electron chi connectivity index (χ1n) is 17.0. The molecule has 2 atom stereocenters. The second-order valence-corrected chi connectivity index (χ2v) is 14.8. The Kier molecular flexibility index (Phi) is 15.5. The van der Waals surface area contributed by atoms with Crippen molar-refractivity contribution in [2.75, 3.05) is 0 Å². The number of carboxylic acids is 1. The number of fused-ring (bicyclic) bond motifs is 2. The zero-order chi connectivity index (χ0) is 39.1. The van der Waals surface area contributed by atoms with E-state index in [2.05, 4.69) is 70.0 Å². The summed E-state index contributed by atoms with van der Waals surface area (Å²) in [7, 11) is -2.29. The number of carboxylic acid groups (broad SMARTS) is 1. The molecule has 288 valence electrons. The fourth-order valence-corrected chi connectivity index (χ4v) is 6.02. The van der Waals surface area contributed by atoms with Gasteiger partial charge in [-0.25, -0.2) is 19.0 Å². The van der Waals surface area contributed by atoms with Crippen molar-refractivity contribution in [1.29, 1.82) is 0 Å². The van der Waals surface area contributed by atoms with Crippen molar-refractivity contribution in [2.24, 2.45) is 16.7 Å². The molecule has 2 unspecified atom stereocenters. The van der Waals surface area contributed by atoms with E-state index in [0.29, 0.717) is 10.9 Å². The van der Waals surface area contributed by atoms with Crippen molar-refractivity contribution in [1.82, 2.24) is 16.3 Å². The zero-order valence-electron chi connectivity index (χ0n) is 31.0. The molecule has 0 saturated carbocycles. The number of hydrazine groups is 2. The lowest BCUT2D eigenvalue weighted by atomic mass is 9.79. The summed E-state index contributed by atoms with van der Waals surface area (Å²) in [4.78, 5) is 23.1. The molecule has 0 aliphatic carbocycles. The molecule has 2 aliphatic heterocycles. The summed E-state index contributed by atoms with van der Waals surface area (Å²) in [6, 6.07) is 25.4. The van der Waals surface area contributed by atoms with Crippen molar-refractivity contribution in [3.8, 4) is 0 Å². The van der Waals surface area contributed by atoms with Gasteiger partial charge in [-0.05, 0) is 45.0 Å². The van der Waals surface area contributed by atoms with E-state index in [9.17, 15) is 28.4 Å². The summed E-state index contributed by atoms with van der Waals surface area (Å²) in [5.41, 5.74) is 11.2. The minimum absolute atomic E-state index is 0. The molecule has 54 heavy (non-hydrogen) atoms. The molecule has 4 aromatic rings. The molecule has 0 radical (unpaired) electrons. The van der Waals surface area contributed by atoms with Crippen LogP contribution in [0, 0.1) is 22.5 Å². The Morgan fingerprint density at radius 1 is 0.704 bits per heavy atom.